The van der Waals surface area contributed by atoms with Crippen molar-refractivity contribution in [1.82, 2.24) is 4.31 Å². The predicted octanol–water partition coefficient (Wildman–Crippen LogP) is 7.55. The van der Waals surface area contributed by atoms with Crippen LogP contribution in [0.1, 0.15) is 29.2 Å². The zero-order chi connectivity index (χ0) is 32.1. The Kier molecular flexibility index (Phi) is 10.3. The maximum absolute atomic E-state index is 14.9. The van der Waals surface area contributed by atoms with Gasteiger partial charge in [0.2, 0.25) is 10.0 Å². The van der Waals surface area contributed by atoms with E-state index in [-0.39, 0.29) is 29.3 Å². The fourth-order valence-corrected chi connectivity index (χ4v) is 7.46. The van der Waals surface area contributed by atoms with E-state index in [1.165, 1.54) is 32.2 Å². The van der Waals surface area contributed by atoms with Crippen molar-refractivity contribution in [3.63, 3.8) is 0 Å². The lowest BCUT2D eigenvalue weighted by atomic mass is 10.0. The van der Waals surface area contributed by atoms with Gasteiger partial charge >= 0.3 is 13.3 Å². The van der Waals surface area contributed by atoms with Crippen molar-refractivity contribution in [2.75, 3.05) is 13.7 Å². The molecule has 0 aliphatic carbocycles. The minimum Gasteiger partial charge on any atom is -0.495 e. The number of hydrogen-bond acceptors (Lipinski definition) is 6. The molecule has 0 fully saturated rings. The second-order valence-electron chi connectivity index (χ2n) is 9.61. The quantitative estimate of drug-likeness (QED) is 0.156. The summed E-state index contributed by atoms with van der Waals surface area (Å²) in [5.74, 6) is 0.118. The molecule has 4 aromatic carbocycles. The molecule has 0 heterocycles. The first-order valence-corrected chi connectivity index (χ1v) is 16.6. The van der Waals surface area contributed by atoms with Crippen LogP contribution in [0, 0.1) is 11.3 Å². The molecule has 4 aromatic rings. The van der Waals surface area contributed by atoms with E-state index in [1.54, 1.807) is 54.6 Å². The molecule has 0 radical (unpaired) electrons. The van der Waals surface area contributed by atoms with Gasteiger partial charge in [-0.1, -0.05) is 72.3 Å². The Hall–Kier alpha value is -3.62. The van der Waals surface area contributed by atoms with Crippen LogP contribution in [0.3, 0.4) is 0 Å². The fourth-order valence-electron chi connectivity index (χ4n) is 4.48. The molecule has 1 atom stereocenters. The van der Waals surface area contributed by atoms with Gasteiger partial charge in [-0.3, -0.25) is 4.57 Å². The van der Waals surface area contributed by atoms with E-state index in [1.807, 2.05) is 6.07 Å². The van der Waals surface area contributed by atoms with E-state index < -0.39 is 40.5 Å². The topological polar surface area (TPSA) is 117 Å². The zero-order valence-electron chi connectivity index (χ0n) is 23.7. The number of rotatable bonds is 12. The molecule has 0 saturated heterocycles. The maximum atomic E-state index is 14.9. The molecule has 0 aromatic heterocycles. The van der Waals surface area contributed by atoms with Crippen LogP contribution in [0.2, 0.25) is 5.02 Å². The zero-order valence-corrected chi connectivity index (χ0v) is 26.1. The standard InChI is InChI=1S/C31H28ClF2N2O6PS/c1-3-42-43(37,38)31(33,34)27-16-13-24(18-28(27)32)21-36(44(39,40)30-10-5-4-9-29(30)41-2)20-22-11-14-25(15-12-22)26-8-6-7-23(17-26)19-35/h4-18H,3,20-21H2,1-2H3,(H,37,38). The number of nitriles is 1. The Morgan fingerprint density at radius 3 is 2.25 bits per heavy atom. The van der Waals surface area contributed by atoms with Crippen LogP contribution in [0.25, 0.3) is 11.1 Å². The second-order valence-corrected chi connectivity index (χ2v) is 13.8. The maximum Gasteiger partial charge on any atom is 0.401 e. The highest BCUT2D eigenvalue weighted by molar-refractivity contribution is 7.89. The highest BCUT2D eigenvalue weighted by atomic mass is 35.5. The summed E-state index contributed by atoms with van der Waals surface area (Å²) in [6, 6.07) is 25.6. The molecule has 0 spiro atoms. The Balaban J connectivity index is 1.71. The van der Waals surface area contributed by atoms with Gasteiger partial charge in [-0.2, -0.15) is 18.3 Å². The number of para-hydroxylation sites is 1. The Morgan fingerprint density at radius 1 is 0.955 bits per heavy atom. The number of nitrogens with zero attached hydrogens (tertiary/aromatic N) is 2. The SMILES string of the molecule is CCOP(=O)(O)C(F)(F)c1ccc(CN(Cc2ccc(-c3cccc(C#N)c3)cc2)S(=O)(=O)c2ccccc2OC)cc1Cl. The smallest absolute Gasteiger partial charge is 0.401 e. The molecule has 0 aliphatic rings. The van der Waals surface area contributed by atoms with Gasteiger partial charge in [-0.25, -0.2) is 8.42 Å². The van der Waals surface area contributed by atoms with Crippen molar-refractivity contribution >= 4 is 29.2 Å². The summed E-state index contributed by atoms with van der Waals surface area (Å²) in [7, 11) is -8.26. The lowest BCUT2D eigenvalue weighted by molar-refractivity contribution is 0.0467. The minimum absolute atomic E-state index is 0.0976. The molecular formula is C31H28ClF2N2O6PS. The summed E-state index contributed by atoms with van der Waals surface area (Å²) < 4.78 is 80.8. The lowest BCUT2D eigenvalue weighted by Crippen LogP contribution is -2.30. The average molecular weight is 661 g/mol. The summed E-state index contributed by atoms with van der Waals surface area (Å²) in [5, 5.41) is 8.69. The van der Waals surface area contributed by atoms with Gasteiger partial charge < -0.3 is 14.2 Å². The van der Waals surface area contributed by atoms with E-state index in [0.29, 0.717) is 11.1 Å². The Morgan fingerprint density at radius 2 is 1.61 bits per heavy atom. The Bertz CT molecular complexity index is 1850. The van der Waals surface area contributed by atoms with Gasteiger partial charge in [0.25, 0.3) is 0 Å². The number of methoxy groups -OCH3 is 1. The van der Waals surface area contributed by atoms with Crippen LogP contribution in [-0.2, 0) is 37.9 Å². The van der Waals surface area contributed by atoms with Crippen molar-refractivity contribution in [1.29, 1.82) is 5.26 Å². The molecule has 44 heavy (non-hydrogen) atoms. The minimum atomic E-state index is -5.39. The summed E-state index contributed by atoms with van der Waals surface area (Å²) >= 11 is 6.16. The average Bonchev–Trinajstić information content (AvgIpc) is 3.01. The summed E-state index contributed by atoms with van der Waals surface area (Å²) in [6.07, 6.45) is 0. The van der Waals surface area contributed by atoms with Crippen molar-refractivity contribution in [2.24, 2.45) is 0 Å². The van der Waals surface area contributed by atoms with E-state index >= 15 is 0 Å². The van der Waals surface area contributed by atoms with Crippen LogP contribution < -0.4 is 4.74 Å². The number of halogens is 3. The van der Waals surface area contributed by atoms with Crippen molar-refractivity contribution < 1.29 is 35.9 Å². The molecule has 0 saturated carbocycles. The molecule has 1 unspecified atom stereocenters. The van der Waals surface area contributed by atoms with Gasteiger partial charge in [0, 0.05) is 13.1 Å². The van der Waals surface area contributed by atoms with Crippen LogP contribution in [0.5, 0.6) is 5.75 Å². The molecule has 230 valence electrons. The number of hydrogen-bond donors (Lipinski definition) is 1. The van der Waals surface area contributed by atoms with Crippen LogP contribution in [-0.4, -0.2) is 31.3 Å². The third kappa shape index (κ3) is 7.02. The number of ether oxygens (including phenoxy) is 1. The van der Waals surface area contributed by atoms with Crippen molar-refractivity contribution in [2.45, 2.75) is 30.6 Å². The first-order valence-electron chi connectivity index (χ1n) is 13.2. The van der Waals surface area contributed by atoms with Crippen LogP contribution in [0.15, 0.2) is 95.9 Å². The third-order valence-corrected chi connectivity index (χ3v) is 10.4. The summed E-state index contributed by atoms with van der Waals surface area (Å²) in [6.45, 7) is 0.507. The van der Waals surface area contributed by atoms with Crippen LogP contribution >= 0.6 is 19.2 Å². The van der Waals surface area contributed by atoms with E-state index in [4.69, 9.17) is 16.3 Å². The van der Waals surface area contributed by atoms with E-state index in [9.17, 15) is 31.9 Å². The molecular weight excluding hydrogens is 633 g/mol. The highest BCUT2D eigenvalue weighted by Gasteiger charge is 2.53. The van der Waals surface area contributed by atoms with Gasteiger partial charge in [0.05, 0.1) is 35.9 Å². The molecule has 0 bridgehead atoms. The second kappa shape index (κ2) is 13.6. The van der Waals surface area contributed by atoms with Crippen LogP contribution in [0.4, 0.5) is 8.78 Å². The molecule has 4 rings (SSSR count). The summed E-state index contributed by atoms with van der Waals surface area (Å²) in [5.41, 5.74) is -2.20. The number of benzene rings is 4. The first-order chi connectivity index (χ1) is 20.8. The summed E-state index contributed by atoms with van der Waals surface area (Å²) in [4.78, 5) is 9.71. The van der Waals surface area contributed by atoms with Crippen molar-refractivity contribution in [3.8, 4) is 22.9 Å². The molecule has 8 nitrogen and oxygen atoms in total. The van der Waals surface area contributed by atoms with Crippen molar-refractivity contribution in [3.05, 3.63) is 118 Å². The monoisotopic (exact) mass is 660 g/mol. The van der Waals surface area contributed by atoms with Gasteiger partial charge in [0.1, 0.15) is 10.6 Å². The fraction of sp³-hybridized carbons (Fsp3) is 0.194. The molecule has 0 amide bonds. The molecule has 0 aliphatic heterocycles. The largest absolute Gasteiger partial charge is 0.495 e. The molecule has 13 heteroatoms. The third-order valence-electron chi connectivity index (χ3n) is 6.70. The lowest BCUT2D eigenvalue weighted by Gasteiger charge is -2.25. The van der Waals surface area contributed by atoms with E-state index in [2.05, 4.69) is 10.6 Å². The van der Waals surface area contributed by atoms with E-state index in [0.717, 1.165) is 27.6 Å². The molecule has 1 N–H and O–H groups in total. The predicted molar refractivity (Wildman–Crippen MR) is 163 cm³/mol. The van der Waals surface area contributed by atoms with Gasteiger partial charge in [0.15, 0.2) is 0 Å². The Labute approximate surface area is 259 Å². The number of alkyl halides is 2. The van der Waals surface area contributed by atoms with Gasteiger partial charge in [-0.15, -0.1) is 0 Å². The normalized spacial score (nSPS) is 13.3. The number of sulfonamides is 1. The highest BCUT2D eigenvalue weighted by Crippen LogP contribution is 2.64. The van der Waals surface area contributed by atoms with Gasteiger partial charge in [-0.05, 0) is 59.5 Å². The first kappa shape index (κ1) is 33.3.